The Bertz CT molecular complexity index is 258. The zero-order chi connectivity index (χ0) is 9.10. The highest BCUT2D eigenvalue weighted by Crippen LogP contribution is 2.15. The summed E-state index contributed by atoms with van der Waals surface area (Å²) in [6.07, 6.45) is 1.05. The fourth-order valence-corrected chi connectivity index (χ4v) is 1.49. The Morgan fingerprint density at radius 3 is 2.69 bits per heavy atom. The summed E-state index contributed by atoms with van der Waals surface area (Å²) in [6, 6.07) is 10.3. The quantitative estimate of drug-likeness (QED) is 0.689. The van der Waals surface area contributed by atoms with E-state index in [2.05, 4.69) is 12.1 Å². The summed E-state index contributed by atoms with van der Waals surface area (Å²) < 4.78 is 11.0. The first-order chi connectivity index (χ1) is 6.34. The Labute approximate surface area is 78.5 Å². The van der Waals surface area contributed by atoms with Gasteiger partial charge in [-0.2, -0.15) is 0 Å². The van der Waals surface area contributed by atoms with Crippen molar-refractivity contribution in [3.63, 3.8) is 0 Å². The third kappa shape index (κ3) is 2.29. The molecule has 70 valence electrons. The van der Waals surface area contributed by atoms with Gasteiger partial charge in [-0.25, -0.2) is 0 Å². The second-order valence-corrected chi connectivity index (χ2v) is 3.40. The molecule has 2 heteroatoms. The Hall–Kier alpha value is -0.860. The van der Waals surface area contributed by atoms with E-state index in [-0.39, 0.29) is 12.4 Å². The summed E-state index contributed by atoms with van der Waals surface area (Å²) in [4.78, 5) is 0. The van der Waals surface area contributed by atoms with E-state index >= 15 is 0 Å². The maximum atomic E-state index is 5.54. The third-order valence-corrected chi connectivity index (χ3v) is 2.15. The lowest BCUT2D eigenvalue weighted by Crippen LogP contribution is -2.12. The van der Waals surface area contributed by atoms with Crippen LogP contribution in [0.5, 0.6) is 0 Å². The molecule has 0 bridgehead atoms. The fraction of sp³-hybridized carbons (Fsp3) is 0.455. The molecule has 0 aromatic heterocycles. The minimum absolute atomic E-state index is 0.0441. The van der Waals surface area contributed by atoms with Crippen molar-refractivity contribution in [2.24, 2.45) is 0 Å². The van der Waals surface area contributed by atoms with Gasteiger partial charge in [-0.05, 0) is 12.5 Å². The van der Waals surface area contributed by atoms with Gasteiger partial charge >= 0.3 is 0 Å². The first-order valence-corrected chi connectivity index (χ1v) is 4.65. The van der Waals surface area contributed by atoms with Gasteiger partial charge in [0.15, 0.2) is 6.29 Å². The van der Waals surface area contributed by atoms with Crippen LogP contribution in [0.1, 0.15) is 12.5 Å². The SMILES string of the molecule is C[C@@H]1CO[C@@H](Cc2ccccc2)O1. The molecule has 0 aliphatic carbocycles. The predicted molar refractivity (Wildman–Crippen MR) is 50.4 cm³/mol. The molecule has 0 spiro atoms. The molecular weight excluding hydrogens is 164 g/mol. The Balaban J connectivity index is 1.92. The topological polar surface area (TPSA) is 18.5 Å². The van der Waals surface area contributed by atoms with Crippen LogP contribution in [0.3, 0.4) is 0 Å². The zero-order valence-electron chi connectivity index (χ0n) is 7.77. The standard InChI is InChI=1S/C11H14O2/c1-9-8-12-11(13-9)7-10-5-3-2-4-6-10/h2-6,9,11H,7-8H2,1H3/t9-,11-/m1/s1. The molecule has 2 nitrogen and oxygen atoms in total. The summed E-state index contributed by atoms with van der Waals surface area (Å²) in [5, 5.41) is 0. The normalized spacial score (nSPS) is 27.8. The predicted octanol–water partition coefficient (Wildman–Crippen LogP) is 1.99. The van der Waals surface area contributed by atoms with Gasteiger partial charge in [-0.3, -0.25) is 0 Å². The maximum Gasteiger partial charge on any atom is 0.162 e. The number of rotatable bonds is 2. The molecule has 0 amide bonds. The highest BCUT2D eigenvalue weighted by Gasteiger charge is 2.22. The van der Waals surface area contributed by atoms with Crippen LogP contribution in [-0.2, 0) is 15.9 Å². The van der Waals surface area contributed by atoms with Gasteiger partial charge in [0.25, 0.3) is 0 Å². The smallest absolute Gasteiger partial charge is 0.162 e. The third-order valence-electron chi connectivity index (χ3n) is 2.15. The fourth-order valence-electron chi connectivity index (χ4n) is 1.49. The van der Waals surface area contributed by atoms with Gasteiger partial charge in [0.05, 0.1) is 12.7 Å². The van der Waals surface area contributed by atoms with E-state index in [1.54, 1.807) is 0 Å². The maximum absolute atomic E-state index is 5.54. The molecular formula is C11H14O2. The van der Waals surface area contributed by atoms with Crippen LogP contribution >= 0.6 is 0 Å². The molecule has 2 rings (SSSR count). The van der Waals surface area contributed by atoms with Crippen LogP contribution in [0.2, 0.25) is 0 Å². The number of ether oxygens (including phenoxy) is 2. The summed E-state index contributed by atoms with van der Waals surface area (Å²) in [7, 11) is 0. The summed E-state index contributed by atoms with van der Waals surface area (Å²) in [5.74, 6) is 0. The van der Waals surface area contributed by atoms with Crippen molar-refractivity contribution in [2.45, 2.75) is 25.7 Å². The van der Waals surface area contributed by atoms with E-state index in [1.165, 1.54) is 5.56 Å². The van der Waals surface area contributed by atoms with Crippen LogP contribution in [0.4, 0.5) is 0 Å². The summed E-state index contributed by atoms with van der Waals surface area (Å²) in [6.45, 7) is 2.75. The first-order valence-electron chi connectivity index (χ1n) is 4.65. The largest absolute Gasteiger partial charge is 0.350 e. The van der Waals surface area contributed by atoms with Crippen molar-refractivity contribution in [1.82, 2.24) is 0 Å². The average Bonchev–Trinajstić information content (AvgIpc) is 2.53. The van der Waals surface area contributed by atoms with E-state index in [4.69, 9.17) is 9.47 Å². The molecule has 0 N–H and O–H groups in total. The van der Waals surface area contributed by atoms with Crippen molar-refractivity contribution in [2.75, 3.05) is 6.61 Å². The molecule has 0 radical (unpaired) electrons. The minimum Gasteiger partial charge on any atom is -0.350 e. The lowest BCUT2D eigenvalue weighted by atomic mass is 10.1. The van der Waals surface area contributed by atoms with Gasteiger partial charge in [0.2, 0.25) is 0 Å². The van der Waals surface area contributed by atoms with Gasteiger partial charge in [0.1, 0.15) is 0 Å². The second-order valence-electron chi connectivity index (χ2n) is 3.40. The van der Waals surface area contributed by atoms with Gasteiger partial charge < -0.3 is 9.47 Å². The minimum atomic E-state index is -0.0441. The van der Waals surface area contributed by atoms with Gasteiger partial charge in [0, 0.05) is 6.42 Å². The highest BCUT2D eigenvalue weighted by molar-refractivity contribution is 5.15. The Morgan fingerprint density at radius 1 is 1.31 bits per heavy atom. The van der Waals surface area contributed by atoms with E-state index in [1.807, 2.05) is 25.1 Å². The van der Waals surface area contributed by atoms with Crippen LogP contribution < -0.4 is 0 Å². The number of hydrogen-bond acceptors (Lipinski definition) is 2. The Morgan fingerprint density at radius 2 is 2.08 bits per heavy atom. The van der Waals surface area contributed by atoms with Gasteiger partial charge in [-0.1, -0.05) is 30.3 Å². The summed E-state index contributed by atoms with van der Waals surface area (Å²) >= 11 is 0. The summed E-state index contributed by atoms with van der Waals surface area (Å²) in [5.41, 5.74) is 1.27. The van der Waals surface area contributed by atoms with Crippen molar-refractivity contribution < 1.29 is 9.47 Å². The monoisotopic (exact) mass is 178 g/mol. The van der Waals surface area contributed by atoms with Crippen molar-refractivity contribution >= 4 is 0 Å². The van der Waals surface area contributed by atoms with Crippen LogP contribution in [0.25, 0.3) is 0 Å². The molecule has 1 aliphatic heterocycles. The molecule has 1 aromatic carbocycles. The number of benzene rings is 1. The molecule has 0 saturated carbocycles. The van der Waals surface area contributed by atoms with E-state index < -0.39 is 0 Å². The molecule has 1 fully saturated rings. The van der Waals surface area contributed by atoms with Crippen molar-refractivity contribution in [1.29, 1.82) is 0 Å². The molecule has 1 aliphatic rings. The van der Waals surface area contributed by atoms with Crippen molar-refractivity contribution in [3.05, 3.63) is 35.9 Å². The zero-order valence-corrected chi connectivity index (χ0v) is 7.77. The molecule has 0 unspecified atom stereocenters. The number of hydrogen-bond donors (Lipinski definition) is 0. The van der Waals surface area contributed by atoms with Crippen LogP contribution in [0, 0.1) is 0 Å². The molecule has 13 heavy (non-hydrogen) atoms. The Kier molecular flexibility index (Phi) is 2.62. The van der Waals surface area contributed by atoms with E-state index in [9.17, 15) is 0 Å². The van der Waals surface area contributed by atoms with Crippen LogP contribution in [0.15, 0.2) is 30.3 Å². The highest BCUT2D eigenvalue weighted by atomic mass is 16.7. The lowest BCUT2D eigenvalue weighted by molar-refractivity contribution is -0.0528. The average molecular weight is 178 g/mol. The van der Waals surface area contributed by atoms with Gasteiger partial charge in [-0.15, -0.1) is 0 Å². The molecule has 1 saturated heterocycles. The molecule has 2 atom stereocenters. The van der Waals surface area contributed by atoms with Crippen molar-refractivity contribution in [3.8, 4) is 0 Å². The lowest BCUT2D eigenvalue weighted by Gasteiger charge is -2.09. The second kappa shape index (κ2) is 3.90. The van der Waals surface area contributed by atoms with E-state index in [0.29, 0.717) is 0 Å². The first kappa shape index (κ1) is 8.73. The van der Waals surface area contributed by atoms with E-state index in [0.717, 1.165) is 13.0 Å². The molecule has 1 heterocycles. The molecule has 1 aromatic rings. The van der Waals surface area contributed by atoms with Crippen LogP contribution in [-0.4, -0.2) is 19.0 Å².